The van der Waals surface area contributed by atoms with Gasteiger partial charge >= 0.3 is 0 Å². The molecule has 0 bridgehead atoms. The first-order chi connectivity index (χ1) is 4.72. The first kappa shape index (κ1) is 7.31. The molecule has 0 radical (unpaired) electrons. The number of hydrogen-bond donors (Lipinski definition) is 2. The lowest BCUT2D eigenvalue weighted by atomic mass is 10.3. The molecule has 0 fully saturated rings. The highest BCUT2D eigenvalue weighted by atomic mass is 16.3. The lowest BCUT2D eigenvalue weighted by Crippen LogP contribution is -2.42. The Morgan fingerprint density at radius 3 is 2.70 bits per heavy atom. The third-order valence-corrected chi connectivity index (χ3v) is 1.43. The van der Waals surface area contributed by atoms with Gasteiger partial charge in [0.25, 0.3) is 0 Å². The molecule has 1 heterocycles. The van der Waals surface area contributed by atoms with E-state index in [1.165, 1.54) is 0 Å². The van der Waals surface area contributed by atoms with Gasteiger partial charge in [0, 0.05) is 6.20 Å². The highest BCUT2D eigenvalue weighted by molar-refractivity contribution is 5.10. The zero-order valence-electron chi connectivity index (χ0n) is 5.94. The maximum atomic E-state index is 9.25. The van der Waals surface area contributed by atoms with Crippen LogP contribution in [0.1, 0.15) is 6.92 Å². The lowest BCUT2D eigenvalue weighted by Gasteiger charge is -2.29. The van der Waals surface area contributed by atoms with Crippen LogP contribution >= 0.6 is 0 Å². The summed E-state index contributed by atoms with van der Waals surface area (Å²) in [5, 5.41) is 9.25. The first-order valence-corrected chi connectivity index (χ1v) is 3.28. The summed E-state index contributed by atoms with van der Waals surface area (Å²) >= 11 is 0. The Bertz CT molecular complexity index is 163. The van der Waals surface area contributed by atoms with Crippen molar-refractivity contribution < 1.29 is 5.11 Å². The normalized spacial score (nSPS) is 27.1. The smallest absolute Gasteiger partial charge is 0.147 e. The van der Waals surface area contributed by atoms with Gasteiger partial charge in [-0.3, -0.25) is 0 Å². The molecule has 3 nitrogen and oxygen atoms in total. The van der Waals surface area contributed by atoms with Crippen molar-refractivity contribution in [1.29, 1.82) is 0 Å². The van der Waals surface area contributed by atoms with Crippen LogP contribution in [0.15, 0.2) is 24.4 Å². The van der Waals surface area contributed by atoms with E-state index in [0.717, 1.165) is 0 Å². The molecule has 0 aromatic heterocycles. The molecule has 0 spiro atoms. The van der Waals surface area contributed by atoms with Crippen molar-refractivity contribution in [2.24, 2.45) is 5.73 Å². The number of nitrogens with two attached hydrogens (primary N) is 1. The van der Waals surface area contributed by atoms with Gasteiger partial charge in [-0.2, -0.15) is 0 Å². The summed E-state index contributed by atoms with van der Waals surface area (Å²) in [6.45, 7) is 1.83. The minimum atomic E-state index is -0.565. The Morgan fingerprint density at radius 1 is 1.60 bits per heavy atom. The predicted octanol–water partition coefficient (Wildman–Crippen LogP) is -0.00500. The number of aliphatic hydroxyl groups excluding tert-OH is 1. The van der Waals surface area contributed by atoms with Crippen molar-refractivity contribution in [3.05, 3.63) is 24.4 Å². The number of rotatable bonds is 1. The van der Waals surface area contributed by atoms with Crippen LogP contribution in [0.3, 0.4) is 0 Å². The number of allylic oxidation sites excluding steroid dienone is 2. The van der Waals surface area contributed by atoms with Crippen molar-refractivity contribution in [2.75, 3.05) is 0 Å². The van der Waals surface area contributed by atoms with Crippen molar-refractivity contribution in [1.82, 2.24) is 4.90 Å². The van der Waals surface area contributed by atoms with Crippen LogP contribution in [0.5, 0.6) is 0 Å². The van der Waals surface area contributed by atoms with Crippen molar-refractivity contribution in [2.45, 2.75) is 19.3 Å². The molecular weight excluding hydrogens is 128 g/mol. The molecule has 10 heavy (non-hydrogen) atoms. The Hall–Kier alpha value is -0.800. The second kappa shape index (κ2) is 2.86. The van der Waals surface area contributed by atoms with E-state index >= 15 is 0 Å². The van der Waals surface area contributed by atoms with E-state index in [9.17, 15) is 5.11 Å². The van der Waals surface area contributed by atoms with Crippen LogP contribution in [-0.4, -0.2) is 22.4 Å². The summed E-state index contributed by atoms with van der Waals surface area (Å²) in [5.41, 5.74) is 5.54. The quantitative estimate of drug-likeness (QED) is 0.538. The van der Waals surface area contributed by atoms with Gasteiger partial charge < -0.3 is 15.7 Å². The van der Waals surface area contributed by atoms with Crippen molar-refractivity contribution >= 4 is 0 Å². The molecule has 1 aliphatic rings. The van der Waals surface area contributed by atoms with Crippen LogP contribution in [0, 0.1) is 0 Å². The zero-order chi connectivity index (χ0) is 7.56. The summed E-state index contributed by atoms with van der Waals surface area (Å²) in [6, 6.07) is 0. The van der Waals surface area contributed by atoms with Gasteiger partial charge in [0.05, 0.1) is 6.17 Å². The van der Waals surface area contributed by atoms with Gasteiger partial charge in [-0.25, -0.2) is 0 Å². The minimum absolute atomic E-state index is 0.142. The third-order valence-electron chi connectivity index (χ3n) is 1.43. The Kier molecular flexibility index (Phi) is 2.09. The molecule has 0 aromatic rings. The summed E-state index contributed by atoms with van der Waals surface area (Å²) in [6.07, 6.45) is 6.39. The van der Waals surface area contributed by atoms with Gasteiger partial charge in [0.2, 0.25) is 0 Å². The summed E-state index contributed by atoms with van der Waals surface area (Å²) in [4.78, 5) is 1.67. The van der Waals surface area contributed by atoms with Crippen LogP contribution < -0.4 is 5.73 Å². The highest BCUT2D eigenvalue weighted by Gasteiger charge is 2.13. The van der Waals surface area contributed by atoms with E-state index in [4.69, 9.17) is 5.73 Å². The van der Waals surface area contributed by atoms with E-state index in [0.29, 0.717) is 0 Å². The summed E-state index contributed by atoms with van der Waals surface area (Å²) < 4.78 is 0. The van der Waals surface area contributed by atoms with Gasteiger partial charge in [0.1, 0.15) is 6.23 Å². The number of aliphatic hydroxyl groups is 1. The molecule has 0 saturated carbocycles. The standard InChI is InChI=1S/C7H12N2O/c1-6(8)9-5-3-2-4-7(9)10/h2-7,10H,8H2,1H3. The van der Waals surface area contributed by atoms with Gasteiger partial charge in [-0.15, -0.1) is 0 Å². The van der Waals surface area contributed by atoms with Crippen LogP contribution in [0.25, 0.3) is 0 Å². The average molecular weight is 140 g/mol. The SMILES string of the molecule is CC(N)N1C=CC=CC1O. The van der Waals surface area contributed by atoms with Gasteiger partial charge in [-0.05, 0) is 19.1 Å². The molecule has 2 unspecified atom stereocenters. The topological polar surface area (TPSA) is 49.5 Å². The van der Waals surface area contributed by atoms with E-state index in [-0.39, 0.29) is 6.17 Å². The molecule has 0 saturated heterocycles. The molecule has 0 aromatic carbocycles. The molecule has 2 atom stereocenters. The lowest BCUT2D eigenvalue weighted by molar-refractivity contribution is 0.0534. The fraction of sp³-hybridized carbons (Fsp3) is 0.429. The van der Waals surface area contributed by atoms with Crippen molar-refractivity contribution in [3.63, 3.8) is 0 Å². The maximum Gasteiger partial charge on any atom is 0.147 e. The van der Waals surface area contributed by atoms with E-state index in [1.54, 1.807) is 23.3 Å². The monoisotopic (exact) mass is 140 g/mol. The van der Waals surface area contributed by atoms with Crippen LogP contribution in [0.2, 0.25) is 0 Å². The third kappa shape index (κ3) is 1.37. The Labute approximate surface area is 60.4 Å². The molecule has 0 aliphatic carbocycles. The maximum absolute atomic E-state index is 9.25. The first-order valence-electron chi connectivity index (χ1n) is 3.28. The average Bonchev–Trinajstić information content (AvgIpc) is 1.88. The number of nitrogens with zero attached hydrogens (tertiary/aromatic N) is 1. The molecule has 56 valence electrons. The van der Waals surface area contributed by atoms with Crippen molar-refractivity contribution in [3.8, 4) is 0 Å². The Balaban J connectivity index is 2.61. The minimum Gasteiger partial charge on any atom is -0.370 e. The fourth-order valence-corrected chi connectivity index (χ4v) is 0.877. The van der Waals surface area contributed by atoms with Crippen LogP contribution in [0.4, 0.5) is 0 Å². The molecule has 1 aliphatic heterocycles. The van der Waals surface area contributed by atoms with Crippen LogP contribution in [-0.2, 0) is 0 Å². The zero-order valence-corrected chi connectivity index (χ0v) is 5.94. The second-order valence-electron chi connectivity index (χ2n) is 2.33. The molecule has 1 rings (SSSR count). The Morgan fingerprint density at radius 2 is 2.30 bits per heavy atom. The predicted molar refractivity (Wildman–Crippen MR) is 39.8 cm³/mol. The second-order valence-corrected chi connectivity index (χ2v) is 2.33. The van der Waals surface area contributed by atoms with E-state index in [1.807, 2.05) is 13.0 Å². The molecular formula is C7H12N2O. The van der Waals surface area contributed by atoms with Gasteiger partial charge in [0.15, 0.2) is 0 Å². The van der Waals surface area contributed by atoms with E-state index in [2.05, 4.69) is 0 Å². The highest BCUT2D eigenvalue weighted by Crippen LogP contribution is 2.06. The summed E-state index contributed by atoms with van der Waals surface area (Å²) in [7, 11) is 0. The largest absolute Gasteiger partial charge is 0.370 e. The number of hydrogen-bond acceptors (Lipinski definition) is 3. The molecule has 0 amide bonds. The van der Waals surface area contributed by atoms with Gasteiger partial charge in [-0.1, -0.05) is 6.08 Å². The van der Waals surface area contributed by atoms with E-state index < -0.39 is 6.23 Å². The molecule has 3 N–H and O–H groups in total. The molecule has 3 heteroatoms. The summed E-state index contributed by atoms with van der Waals surface area (Å²) in [5.74, 6) is 0. The fourth-order valence-electron chi connectivity index (χ4n) is 0.877.